The largest absolute Gasteiger partial charge is 0.466 e. The molecule has 0 fully saturated rings. The first-order valence-corrected chi connectivity index (χ1v) is 7.92. The van der Waals surface area contributed by atoms with Crippen molar-refractivity contribution in [2.75, 3.05) is 6.54 Å². The fourth-order valence-corrected chi connectivity index (χ4v) is 2.40. The van der Waals surface area contributed by atoms with Crippen LogP contribution >= 0.6 is 0 Å². The van der Waals surface area contributed by atoms with Crippen LogP contribution in [0, 0.1) is 19.7 Å². The summed E-state index contributed by atoms with van der Waals surface area (Å²) in [7, 11) is 0. The van der Waals surface area contributed by atoms with Gasteiger partial charge in [-0.2, -0.15) is 0 Å². The SMILES string of the molecule is Cc1cc([C@H](O)CCNC(=O)C(=O)NCc2ccc(F)cc2)c(C)o1. The summed E-state index contributed by atoms with van der Waals surface area (Å²) >= 11 is 0. The monoisotopic (exact) mass is 348 g/mol. The minimum atomic E-state index is -0.783. The van der Waals surface area contributed by atoms with Crippen molar-refractivity contribution in [2.24, 2.45) is 0 Å². The Bertz CT molecular complexity index is 740. The molecule has 3 N–H and O–H groups in total. The number of hydrogen-bond donors (Lipinski definition) is 3. The molecule has 1 heterocycles. The number of benzene rings is 1. The van der Waals surface area contributed by atoms with Crippen molar-refractivity contribution >= 4 is 11.8 Å². The number of furan rings is 1. The number of amides is 2. The van der Waals surface area contributed by atoms with Crippen molar-refractivity contribution in [3.05, 3.63) is 58.8 Å². The molecule has 0 spiro atoms. The Balaban J connectivity index is 1.73. The summed E-state index contributed by atoms with van der Waals surface area (Å²) in [6.07, 6.45) is -0.517. The lowest BCUT2D eigenvalue weighted by molar-refractivity contribution is -0.139. The smallest absolute Gasteiger partial charge is 0.309 e. The standard InChI is InChI=1S/C18H21FN2O4/c1-11-9-15(12(2)25-11)16(22)7-8-20-17(23)18(24)21-10-13-3-5-14(19)6-4-13/h3-6,9,16,22H,7-8,10H2,1-2H3,(H,20,23)(H,21,24)/t16-/m1/s1. The van der Waals surface area contributed by atoms with Crippen LogP contribution in [0.25, 0.3) is 0 Å². The Labute approximate surface area is 145 Å². The van der Waals surface area contributed by atoms with Gasteiger partial charge in [0.05, 0.1) is 6.10 Å². The normalized spacial score (nSPS) is 11.8. The zero-order chi connectivity index (χ0) is 18.4. The summed E-state index contributed by atoms with van der Waals surface area (Å²) in [6.45, 7) is 3.82. The number of carbonyl (C=O) groups is 2. The number of rotatable bonds is 6. The number of aliphatic hydroxyl groups excluding tert-OH is 1. The van der Waals surface area contributed by atoms with Crippen LogP contribution in [0.4, 0.5) is 4.39 Å². The molecule has 2 amide bonds. The summed E-state index contributed by atoms with van der Waals surface area (Å²) in [5.74, 6) is -0.595. The number of carbonyl (C=O) groups excluding carboxylic acids is 2. The van der Waals surface area contributed by atoms with E-state index >= 15 is 0 Å². The van der Waals surface area contributed by atoms with E-state index in [1.165, 1.54) is 24.3 Å². The lowest BCUT2D eigenvalue weighted by Gasteiger charge is -2.10. The van der Waals surface area contributed by atoms with Crippen LogP contribution in [0.1, 0.15) is 35.2 Å². The molecule has 0 saturated heterocycles. The number of aliphatic hydroxyl groups is 1. The number of nitrogens with one attached hydrogen (secondary N) is 2. The molecule has 6 nitrogen and oxygen atoms in total. The van der Waals surface area contributed by atoms with Crippen molar-refractivity contribution in [1.29, 1.82) is 0 Å². The van der Waals surface area contributed by atoms with Crippen LogP contribution in [-0.2, 0) is 16.1 Å². The van der Waals surface area contributed by atoms with E-state index in [4.69, 9.17) is 4.42 Å². The van der Waals surface area contributed by atoms with Crippen molar-refractivity contribution in [3.8, 4) is 0 Å². The quantitative estimate of drug-likeness (QED) is 0.695. The molecule has 25 heavy (non-hydrogen) atoms. The fourth-order valence-electron chi connectivity index (χ4n) is 2.40. The van der Waals surface area contributed by atoms with Gasteiger partial charge < -0.3 is 20.2 Å². The van der Waals surface area contributed by atoms with Crippen LogP contribution in [0.15, 0.2) is 34.7 Å². The van der Waals surface area contributed by atoms with Crippen LogP contribution in [0.3, 0.4) is 0 Å². The molecule has 0 aliphatic heterocycles. The maximum atomic E-state index is 12.8. The summed E-state index contributed by atoms with van der Waals surface area (Å²) in [4.78, 5) is 23.4. The summed E-state index contributed by atoms with van der Waals surface area (Å²) in [5, 5.41) is 15.0. The summed E-state index contributed by atoms with van der Waals surface area (Å²) < 4.78 is 18.1. The van der Waals surface area contributed by atoms with E-state index in [-0.39, 0.29) is 25.3 Å². The first-order chi connectivity index (χ1) is 11.9. The maximum absolute atomic E-state index is 12.8. The second-order valence-corrected chi connectivity index (χ2v) is 5.74. The van der Waals surface area contributed by atoms with Gasteiger partial charge in [0, 0.05) is 18.7 Å². The molecule has 0 bridgehead atoms. The van der Waals surface area contributed by atoms with Gasteiger partial charge in [-0.05, 0) is 44.0 Å². The molecule has 0 aliphatic carbocycles. The third-order valence-electron chi connectivity index (χ3n) is 3.71. The molecule has 134 valence electrons. The third kappa shape index (κ3) is 5.42. The average Bonchev–Trinajstić information content (AvgIpc) is 2.92. The minimum absolute atomic E-state index is 0.128. The molecule has 0 unspecified atom stereocenters. The predicted octanol–water partition coefficient (Wildman–Crippen LogP) is 1.89. The molecule has 2 aromatic rings. The average molecular weight is 348 g/mol. The Hall–Kier alpha value is -2.67. The molecule has 0 aliphatic rings. The van der Waals surface area contributed by atoms with E-state index in [1.807, 2.05) is 0 Å². The molecular weight excluding hydrogens is 327 g/mol. The van der Waals surface area contributed by atoms with E-state index in [9.17, 15) is 19.1 Å². The summed E-state index contributed by atoms with van der Waals surface area (Å²) in [5.41, 5.74) is 1.36. The topological polar surface area (TPSA) is 91.6 Å². The zero-order valence-corrected chi connectivity index (χ0v) is 14.1. The first-order valence-electron chi connectivity index (χ1n) is 7.92. The van der Waals surface area contributed by atoms with Gasteiger partial charge in [-0.3, -0.25) is 9.59 Å². The van der Waals surface area contributed by atoms with E-state index in [0.717, 1.165) is 0 Å². The maximum Gasteiger partial charge on any atom is 0.309 e. The van der Waals surface area contributed by atoms with Gasteiger partial charge in [0.15, 0.2) is 0 Å². The molecule has 1 aromatic carbocycles. The van der Waals surface area contributed by atoms with Crippen molar-refractivity contribution in [3.63, 3.8) is 0 Å². The van der Waals surface area contributed by atoms with Crippen molar-refractivity contribution in [2.45, 2.75) is 32.9 Å². The highest BCUT2D eigenvalue weighted by Crippen LogP contribution is 2.23. The Morgan fingerprint density at radius 1 is 1.16 bits per heavy atom. The fraction of sp³-hybridized carbons (Fsp3) is 0.333. The molecule has 1 aromatic heterocycles. The third-order valence-corrected chi connectivity index (χ3v) is 3.71. The van der Waals surface area contributed by atoms with Crippen LogP contribution in [-0.4, -0.2) is 23.5 Å². The van der Waals surface area contributed by atoms with Crippen LogP contribution in [0.2, 0.25) is 0 Å². The Morgan fingerprint density at radius 3 is 2.40 bits per heavy atom. The predicted molar refractivity (Wildman–Crippen MR) is 89.0 cm³/mol. The van der Waals surface area contributed by atoms with E-state index in [0.29, 0.717) is 22.6 Å². The molecule has 0 saturated carbocycles. The molecule has 2 rings (SSSR count). The second kappa shape index (κ2) is 8.43. The number of aryl methyl sites for hydroxylation is 2. The van der Waals surface area contributed by atoms with Gasteiger partial charge in [-0.1, -0.05) is 12.1 Å². The van der Waals surface area contributed by atoms with Crippen molar-refractivity contribution in [1.82, 2.24) is 10.6 Å². The second-order valence-electron chi connectivity index (χ2n) is 5.74. The van der Waals surface area contributed by atoms with Gasteiger partial charge in [-0.25, -0.2) is 4.39 Å². The van der Waals surface area contributed by atoms with Gasteiger partial charge >= 0.3 is 11.8 Å². The van der Waals surface area contributed by atoms with Gasteiger partial charge in [-0.15, -0.1) is 0 Å². The molecule has 0 radical (unpaired) electrons. The number of hydrogen-bond acceptors (Lipinski definition) is 4. The van der Waals surface area contributed by atoms with Gasteiger partial charge in [0.2, 0.25) is 0 Å². The molecular formula is C18H21FN2O4. The van der Waals surface area contributed by atoms with E-state index in [1.54, 1.807) is 19.9 Å². The molecule has 7 heteroatoms. The summed E-state index contributed by atoms with van der Waals surface area (Å²) in [6, 6.07) is 7.36. The Kier molecular flexibility index (Phi) is 6.30. The first kappa shape index (κ1) is 18.7. The van der Waals surface area contributed by atoms with Crippen LogP contribution < -0.4 is 10.6 Å². The van der Waals surface area contributed by atoms with Crippen LogP contribution in [0.5, 0.6) is 0 Å². The van der Waals surface area contributed by atoms with E-state index in [2.05, 4.69) is 10.6 Å². The van der Waals surface area contributed by atoms with Crippen molar-refractivity contribution < 1.29 is 23.5 Å². The zero-order valence-electron chi connectivity index (χ0n) is 14.1. The highest BCUT2D eigenvalue weighted by Gasteiger charge is 2.16. The van der Waals surface area contributed by atoms with E-state index < -0.39 is 17.9 Å². The minimum Gasteiger partial charge on any atom is -0.466 e. The molecule has 1 atom stereocenters. The van der Waals surface area contributed by atoms with Gasteiger partial charge in [0.1, 0.15) is 17.3 Å². The lowest BCUT2D eigenvalue weighted by Crippen LogP contribution is -2.40. The Morgan fingerprint density at radius 2 is 1.80 bits per heavy atom. The van der Waals surface area contributed by atoms with Gasteiger partial charge in [0.25, 0.3) is 0 Å². The number of halogens is 1. The highest BCUT2D eigenvalue weighted by atomic mass is 19.1. The highest BCUT2D eigenvalue weighted by molar-refractivity contribution is 6.35. The lowest BCUT2D eigenvalue weighted by atomic mass is 10.1.